The van der Waals surface area contributed by atoms with Gasteiger partial charge in [0.15, 0.2) is 0 Å². The number of carboxylic acids is 1. The Bertz CT molecular complexity index is 396. The van der Waals surface area contributed by atoms with Crippen LogP contribution in [0.1, 0.15) is 56.9 Å². The van der Waals surface area contributed by atoms with E-state index in [1.807, 2.05) is 27.7 Å². The van der Waals surface area contributed by atoms with Crippen LogP contribution >= 0.6 is 0 Å². The van der Waals surface area contributed by atoms with Crippen molar-refractivity contribution in [3.05, 3.63) is 48.5 Å². The highest BCUT2D eigenvalue weighted by Gasteiger charge is 1.85. The van der Waals surface area contributed by atoms with E-state index in [1.165, 1.54) is 10.8 Å². The molecule has 0 aliphatic heterocycles. The number of carbonyl (C=O) groups excluding carboxylic acids is 1. The van der Waals surface area contributed by atoms with Crippen molar-refractivity contribution < 1.29 is 9.90 Å². The molecule has 0 heterocycles. The molecule has 0 spiro atoms. The first-order valence-electron chi connectivity index (χ1n) is 7.54. The van der Waals surface area contributed by atoms with Gasteiger partial charge in [-0.3, -0.25) is 0 Å². The van der Waals surface area contributed by atoms with Crippen LogP contribution in [0.25, 0.3) is 10.8 Å². The molecule has 0 saturated heterocycles. The number of carboxylic acid groups (broad SMARTS) is 1. The summed E-state index contributed by atoms with van der Waals surface area (Å²) >= 11 is 0. The van der Waals surface area contributed by atoms with Gasteiger partial charge in [-0.25, -0.2) is 0 Å². The minimum atomic E-state index is -1.08. The molecule has 3 heteroatoms. The predicted molar refractivity (Wildman–Crippen MR) is 123 cm³/mol. The first-order valence-corrected chi connectivity index (χ1v) is 9.99. The summed E-state index contributed by atoms with van der Waals surface area (Å²) in [4.78, 5) is 8.89. The van der Waals surface area contributed by atoms with Crippen LogP contribution in [-0.4, -0.2) is 24.7 Å². The summed E-state index contributed by atoms with van der Waals surface area (Å²) in [5.74, 6) is -1.08. The lowest BCUT2D eigenvalue weighted by atomic mass is 10.1. The topological polar surface area (TPSA) is 40.1 Å². The highest BCUT2D eigenvalue weighted by Crippen LogP contribution is 2.11. The van der Waals surface area contributed by atoms with Crippen LogP contribution in [0.2, 0.25) is 0 Å². The summed E-state index contributed by atoms with van der Waals surface area (Å²) in [6.45, 7) is 8.97. The largest absolute Gasteiger partial charge is 0.550 e. The smallest absolute Gasteiger partial charge is 0.0969 e. The Morgan fingerprint density at radius 2 is 0.840 bits per heavy atom. The zero-order valence-electron chi connectivity index (χ0n) is 15.3. The summed E-state index contributed by atoms with van der Waals surface area (Å²) in [6, 6.07) is 16.7. The number of aliphatic carboxylic acids is 1. The van der Waals surface area contributed by atoms with Crippen LogP contribution in [-0.2, 0) is 15.7 Å². The Kier molecular flexibility index (Phi) is 47.3. The summed E-state index contributed by atoms with van der Waals surface area (Å²) in [7, 11) is 0.639. The Balaban J connectivity index is -0.0000000525. The fourth-order valence-corrected chi connectivity index (χ4v) is 1.13. The average Bonchev–Trinajstić information content (AvgIpc) is 2.50. The van der Waals surface area contributed by atoms with Crippen molar-refractivity contribution >= 4 is 27.6 Å². The van der Waals surface area contributed by atoms with E-state index >= 15 is 0 Å². The van der Waals surface area contributed by atoms with Crippen molar-refractivity contribution in [2.45, 2.75) is 56.9 Å². The van der Waals surface area contributed by atoms with Crippen molar-refractivity contribution in [1.29, 1.82) is 0 Å². The quantitative estimate of drug-likeness (QED) is 0.528. The van der Waals surface area contributed by atoms with Gasteiger partial charge < -0.3 is 9.90 Å². The van der Waals surface area contributed by atoms with Gasteiger partial charge in [-0.2, -0.15) is 0 Å². The SMILES string of the molecule is C.C.C.CC.CC.CC(=O)[O-].C[S+](C)C.c1ccc2ccccc2c1. The van der Waals surface area contributed by atoms with E-state index in [1.54, 1.807) is 0 Å². The average molecular weight is 373 g/mol. The molecular weight excluding hydrogens is 328 g/mol. The lowest BCUT2D eigenvalue weighted by Gasteiger charge is -1.92. The van der Waals surface area contributed by atoms with E-state index in [4.69, 9.17) is 9.90 Å². The van der Waals surface area contributed by atoms with Gasteiger partial charge in [0.05, 0.1) is 18.8 Å². The Labute approximate surface area is 162 Å². The molecule has 0 aliphatic rings. The van der Waals surface area contributed by atoms with Gasteiger partial charge in [0.1, 0.15) is 0 Å². The second-order valence-electron chi connectivity index (χ2n) is 4.06. The first-order chi connectivity index (χ1) is 10.4. The summed E-state index contributed by atoms with van der Waals surface area (Å²) in [6.07, 6.45) is 6.58. The van der Waals surface area contributed by atoms with Gasteiger partial charge in [-0.1, -0.05) is 98.5 Å². The van der Waals surface area contributed by atoms with Gasteiger partial charge in [0.25, 0.3) is 0 Å². The standard InChI is InChI=1S/C10H8.C3H9S.C2H4O2.2C2H6.3CH4/c1-2-6-10-8-4-3-7-9(10)5-1;1-4(2)3;1-2(3)4;2*1-2;;;/h1-8H;1-3H3;1H3,(H,3,4);2*1-2H3;3*1H4/q;+1;;;;;;/p-1. The predicted octanol–water partition coefficient (Wildman–Crippen LogP) is 6.05. The van der Waals surface area contributed by atoms with Crippen molar-refractivity contribution in [3.8, 4) is 0 Å². The number of hydrogen-bond donors (Lipinski definition) is 0. The fourth-order valence-electron chi connectivity index (χ4n) is 1.13. The van der Waals surface area contributed by atoms with Gasteiger partial charge in [0.2, 0.25) is 0 Å². The molecule has 2 rings (SSSR count). The molecule has 0 saturated carbocycles. The summed E-state index contributed by atoms with van der Waals surface area (Å²) in [5, 5.41) is 11.5. The zero-order chi connectivity index (χ0) is 18.0. The van der Waals surface area contributed by atoms with Crippen molar-refractivity contribution in [2.75, 3.05) is 18.8 Å². The molecule has 25 heavy (non-hydrogen) atoms. The Morgan fingerprint density at radius 1 is 0.720 bits per heavy atom. The third-order valence-electron chi connectivity index (χ3n) is 1.66. The molecule has 0 unspecified atom stereocenters. The molecular formula is C22H44O2S. The third-order valence-corrected chi connectivity index (χ3v) is 1.66. The van der Waals surface area contributed by atoms with Gasteiger partial charge >= 0.3 is 0 Å². The maximum atomic E-state index is 8.89. The van der Waals surface area contributed by atoms with Crippen molar-refractivity contribution in [3.63, 3.8) is 0 Å². The molecule has 0 fully saturated rings. The van der Waals surface area contributed by atoms with Gasteiger partial charge in [-0.15, -0.1) is 0 Å². The molecule has 0 aromatic heterocycles. The normalized spacial score (nSPS) is 6.92. The van der Waals surface area contributed by atoms with Crippen LogP contribution in [0.3, 0.4) is 0 Å². The maximum absolute atomic E-state index is 8.89. The molecule has 2 aromatic carbocycles. The number of hydrogen-bond acceptors (Lipinski definition) is 2. The summed E-state index contributed by atoms with van der Waals surface area (Å²) < 4.78 is 0. The van der Waals surface area contributed by atoms with Crippen LogP contribution < -0.4 is 5.11 Å². The Hall–Kier alpha value is -1.48. The van der Waals surface area contributed by atoms with Crippen molar-refractivity contribution in [2.24, 2.45) is 0 Å². The minimum absolute atomic E-state index is 0. The summed E-state index contributed by atoms with van der Waals surface area (Å²) in [5.41, 5.74) is 0. The van der Waals surface area contributed by atoms with Crippen LogP contribution in [0.4, 0.5) is 0 Å². The maximum Gasteiger partial charge on any atom is 0.0969 e. The molecule has 0 radical (unpaired) electrons. The van der Waals surface area contributed by atoms with E-state index in [0.29, 0.717) is 10.9 Å². The number of carbonyl (C=O) groups is 1. The number of benzene rings is 2. The monoisotopic (exact) mass is 372 g/mol. The third kappa shape index (κ3) is 34.7. The van der Waals surface area contributed by atoms with Gasteiger partial charge in [0, 0.05) is 5.97 Å². The first kappa shape index (κ1) is 38.9. The van der Waals surface area contributed by atoms with E-state index in [2.05, 4.69) is 67.3 Å². The van der Waals surface area contributed by atoms with E-state index < -0.39 is 5.97 Å². The highest BCUT2D eigenvalue weighted by atomic mass is 32.2. The Morgan fingerprint density at radius 3 is 0.960 bits per heavy atom. The van der Waals surface area contributed by atoms with Crippen LogP contribution in [0, 0.1) is 0 Å². The molecule has 0 atom stereocenters. The zero-order valence-corrected chi connectivity index (χ0v) is 16.2. The molecule has 0 bridgehead atoms. The molecule has 150 valence electrons. The second kappa shape index (κ2) is 30.4. The number of rotatable bonds is 0. The molecule has 2 nitrogen and oxygen atoms in total. The molecule has 2 aromatic rings. The molecule has 0 amide bonds. The van der Waals surface area contributed by atoms with E-state index in [-0.39, 0.29) is 22.3 Å². The van der Waals surface area contributed by atoms with Crippen LogP contribution in [0.5, 0.6) is 0 Å². The highest BCUT2D eigenvalue weighted by molar-refractivity contribution is 7.94. The van der Waals surface area contributed by atoms with E-state index in [0.717, 1.165) is 6.92 Å². The molecule has 0 aliphatic carbocycles. The van der Waals surface area contributed by atoms with Gasteiger partial charge in [-0.05, 0) is 28.6 Å². The fraction of sp³-hybridized carbons (Fsp3) is 0.500. The second-order valence-corrected chi connectivity index (χ2v) is 6.51. The number of fused-ring (bicyclic) bond motifs is 1. The minimum Gasteiger partial charge on any atom is -0.550 e. The van der Waals surface area contributed by atoms with Crippen molar-refractivity contribution in [1.82, 2.24) is 0 Å². The lowest BCUT2D eigenvalue weighted by Crippen LogP contribution is -2.16. The van der Waals surface area contributed by atoms with Crippen LogP contribution in [0.15, 0.2) is 48.5 Å². The molecule has 0 N–H and O–H groups in total. The lowest BCUT2D eigenvalue weighted by molar-refractivity contribution is -0.302. The van der Waals surface area contributed by atoms with E-state index in [9.17, 15) is 0 Å².